The molecule has 0 radical (unpaired) electrons. The van der Waals surface area contributed by atoms with E-state index in [1.54, 1.807) is 0 Å². The van der Waals surface area contributed by atoms with E-state index < -0.39 is 0 Å². The molecule has 0 aromatic carbocycles. The molecule has 2 N–H and O–H groups in total. The maximum absolute atomic E-state index is 11.2. The van der Waals surface area contributed by atoms with Crippen molar-refractivity contribution in [2.24, 2.45) is 11.8 Å². The van der Waals surface area contributed by atoms with Crippen molar-refractivity contribution in [3.05, 3.63) is 0 Å². The number of carbonyl (C=O) groups excluding carboxylic acids is 1. The van der Waals surface area contributed by atoms with Crippen molar-refractivity contribution in [2.45, 2.75) is 32.1 Å². The van der Waals surface area contributed by atoms with Crippen LogP contribution in [0.3, 0.4) is 0 Å². The summed E-state index contributed by atoms with van der Waals surface area (Å²) in [6.07, 6.45) is 5.69. The van der Waals surface area contributed by atoms with E-state index >= 15 is 0 Å². The van der Waals surface area contributed by atoms with Crippen LogP contribution in [0, 0.1) is 5.92 Å². The molecule has 1 aliphatic rings. The van der Waals surface area contributed by atoms with Crippen LogP contribution in [0.1, 0.15) is 32.1 Å². The van der Waals surface area contributed by atoms with Crippen LogP contribution in [0.2, 0.25) is 0 Å². The van der Waals surface area contributed by atoms with Crippen LogP contribution in [0.15, 0.2) is 0 Å². The van der Waals surface area contributed by atoms with Gasteiger partial charge in [-0.15, -0.1) is 0 Å². The molecule has 0 amide bonds. The SMILES string of the molecule is NOCC(=O)C1CCCCC1. The minimum absolute atomic E-state index is 0.0880. The molecule has 0 unspecified atom stereocenters. The van der Waals surface area contributed by atoms with Crippen LogP contribution in [-0.2, 0) is 9.63 Å². The normalized spacial score (nSPS) is 20.1. The first-order valence-electron chi connectivity index (χ1n) is 4.19. The third-order valence-electron chi connectivity index (χ3n) is 2.29. The Balaban J connectivity index is 2.27. The van der Waals surface area contributed by atoms with Crippen molar-refractivity contribution in [1.82, 2.24) is 0 Å². The molecule has 3 heteroatoms. The fourth-order valence-corrected chi connectivity index (χ4v) is 1.62. The van der Waals surface area contributed by atoms with Gasteiger partial charge in [-0.25, -0.2) is 5.90 Å². The molecular formula is C8H15NO2. The van der Waals surface area contributed by atoms with Gasteiger partial charge in [-0.05, 0) is 12.8 Å². The first kappa shape index (κ1) is 8.68. The smallest absolute Gasteiger partial charge is 0.163 e. The lowest BCUT2D eigenvalue weighted by atomic mass is 9.86. The molecule has 1 aliphatic carbocycles. The highest BCUT2D eigenvalue weighted by Gasteiger charge is 2.20. The zero-order valence-corrected chi connectivity index (χ0v) is 6.71. The lowest BCUT2D eigenvalue weighted by molar-refractivity contribution is -0.128. The Bertz CT molecular complexity index is 130. The maximum Gasteiger partial charge on any atom is 0.163 e. The van der Waals surface area contributed by atoms with Crippen LogP contribution in [0.5, 0.6) is 0 Å². The fourth-order valence-electron chi connectivity index (χ4n) is 1.62. The van der Waals surface area contributed by atoms with Gasteiger partial charge in [-0.3, -0.25) is 9.63 Å². The quantitative estimate of drug-likeness (QED) is 0.622. The van der Waals surface area contributed by atoms with Gasteiger partial charge >= 0.3 is 0 Å². The Hall–Kier alpha value is -0.410. The van der Waals surface area contributed by atoms with Crippen molar-refractivity contribution in [2.75, 3.05) is 6.61 Å². The van der Waals surface area contributed by atoms with Crippen molar-refractivity contribution < 1.29 is 9.63 Å². The summed E-state index contributed by atoms with van der Waals surface area (Å²) in [7, 11) is 0. The van der Waals surface area contributed by atoms with Gasteiger partial charge in [-0.1, -0.05) is 19.3 Å². The molecule has 11 heavy (non-hydrogen) atoms. The minimum Gasteiger partial charge on any atom is -0.297 e. The van der Waals surface area contributed by atoms with Crippen LogP contribution < -0.4 is 5.90 Å². The van der Waals surface area contributed by atoms with Crippen molar-refractivity contribution in [3.63, 3.8) is 0 Å². The average Bonchev–Trinajstić information content (AvgIpc) is 2.07. The summed E-state index contributed by atoms with van der Waals surface area (Å²) >= 11 is 0. The number of carbonyl (C=O) groups is 1. The standard InChI is InChI=1S/C8H15NO2/c9-11-6-8(10)7-4-2-1-3-5-7/h7H,1-6,9H2. The predicted octanol–water partition coefficient (Wildman–Crippen LogP) is 1.03. The van der Waals surface area contributed by atoms with Gasteiger partial charge in [0.05, 0.1) is 0 Å². The topological polar surface area (TPSA) is 52.3 Å². The fraction of sp³-hybridized carbons (Fsp3) is 0.875. The first-order valence-corrected chi connectivity index (χ1v) is 4.19. The van der Waals surface area contributed by atoms with Gasteiger partial charge in [0.25, 0.3) is 0 Å². The summed E-state index contributed by atoms with van der Waals surface area (Å²) in [5.41, 5.74) is 0. The second-order valence-electron chi connectivity index (χ2n) is 3.11. The zero-order chi connectivity index (χ0) is 8.10. The molecule has 0 saturated heterocycles. The highest BCUT2D eigenvalue weighted by molar-refractivity contribution is 5.82. The van der Waals surface area contributed by atoms with E-state index in [1.807, 2.05) is 0 Å². The minimum atomic E-state index is 0.0880. The van der Waals surface area contributed by atoms with Crippen molar-refractivity contribution >= 4 is 5.78 Å². The van der Waals surface area contributed by atoms with E-state index in [-0.39, 0.29) is 18.3 Å². The van der Waals surface area contributed by atoms with E-state index in [2.05, 4.69) is 4.84 Å². The molecule has 3 nitrogen and oxygen atoms in total. The molecule has 1 rings (SSSR count). The summed E-state index contributed by atoms with van der Waals surface area (Å²) in [6.45, 7) is 0.0880. The van der Waals surface area contributed by atoms with Crippen LogP contribution in [-0.4, -0.2) is 12.4 Å². The second kappa shape index (κ2) is 4.46. The summed E-state index contributed by atoms with van der Waals surface area (Å²) in [6, 6.07) is 0. The monoisotopic (exact) mass is 157 g/mol. The molecule has 0 aromatic heterocycles. The summed E-state index contributed by atoms with van der Waals surface area (Å²) in [4.78, 5) is 15.5. The summed E-state index contributed by atoms with van der Waals surface area (Å²) < 4.78 is 0. The van der Waals surface area contributed by atoms with Crippen LogP contribution >= 0.6 is 0 Å². The predicted molar refractivity (Wildman–Crippen MR) is 41.7 cm³/mol. The zero-order valence-electron chi connectivity index (χ0n) is 6.71. The molecule has 0 heterocycles. The van der Waals surface area contributed by atoms with E-state index in [1.165, 1.54) is 19.3 Å². The Kier molecular flexibility index (Phi) is 3.52. The summed E-state index contributed by atoms with van der Waals surface area (Å²) in [5.74, 6) is 5.22. The lowest BCUT2D eigenvalue weighted by Crippen LogP contribution is -2.23. The molecule has 0 atom stereocenters. The van der Waals surface area contributed by atoms with E-state index in [4.69, 9.17) is 5.90 Å². The molecule has 0 bridgehead atoms. The molecule has 0 aromatic rings. The number of nitrogens with two attached hydrogens (primary N) is 1. The molecule has 64 valence electrons. The largest absolute Gasteiger partial charge is 0.297 e. The lowest BCUT2D eigenvalue weighted by Gasteiger charge is -2.19. The number of ketones is 1. The Morgan fingerprint density at radius 3 is 2.55 bits per heavy atom. The van der Waals surface area contributed by atoms with E-state index in [0.29, 0.717) is 0 Å². The molecule has 1 saturated carbocycles. The average molecular weight is 157 g/mol. The molecule has 1 fully saturated rings. The van der Waals surface area contributed by atoms with E-state index in [0.717, 1.165) is 12.8 Å². The molecule has 0 spiro atoms. The first-order chi connectivity index (χ1) is 5.34. The van der Waals surface area contributed by atoms with Gasteiger partial charge in [0.2, 0.25) is 0 Å². The van der Waals surface area contributed by atoms with Crippen LogP contribution in [0.25, 0.3) is 0 Å². The summed E-state index contributed by atoms with van der Waals surface area (Å²) in [5, 5.41) is 0. The second-order valence-corrected chi connectivity index (χ2v) is 3.11. The third kappa shape index (κ3) is 2.60. The van der Waals surface area contributed by atoms with Gasteiger partial charge in [0.1, 0.15) is 6.61 Å². The number of rotatable bonds is 3. The number of hydrogen-bond donors (Lipinski definition) is 1. The highest BCUT2D eigenvalue weighted by atomic mass is 16.6. The van der Waals surface area contributed by atoms with Gasteiger partial charge in [0.15, 0.2) is 5.78 Å². The van der Waals surface area contributed by atoms with Crippen LogP contribution in [0.4, 0.5) is 0 Å². The Labute approximate surface area is 66.9 Å². The van der Waals surface area contributed by atoms with E-state index in [9.17, 15) is 4.79 Å². The highest BCUT2D eigenvalue weighted by Crippen LogP contribution is 2.24. The Morgan fingerprint density at radius 1 is 1.36 bits per heavy atom. The number of Topliss-reactive ketones (excluding diaryl/α,β-unsaturated/α-hetero) is 1. The molecular weight excluding hydrogens is 142 g/mol. The van der Waals surface area contributed by atoms with Gasteiger partial charge < -0.3 is 0 Å². The molecule has 0 aliphatic heterocycles. The van der Waals surface area contributed by atoms with Crippen molar-refractivity contribution in [1.29, 1.82) is 0 Å². The Morgan fingerprint density at radius 2 is 2.00 bits per heavy atom. The third-order valence-corrected chi connectivity index (χ3v) is 2.29. The number of hydrogen-bond acceptors (Lipinski definition) is 3. The van der Waals surface area contributed by atoms with Gasteiger partial charge in [0, 0.05) is 5.92 Å². The van der Waals surface area contributed by atoms with Crippen molar-refractivity contribution in [3.8, 4) is 0 Å². The van der Waals surface area contributed by atoms with Gasteiger partial charge in [-0.2, -0.15) is 0 Å². The maximum atomic E-state index is 11.2.